The summed E-state index contributed by atoms with van der Waals surface area (Å²) in [6.45, 7) is 9.36. The highest BCUT2D eigenvalue weighted by molar-refractivity contribution is 14.0. The van der Waals surface area contributed by atoms with E-state index in [0.717, 1.165) is 19.5 Å². The van der Waals surface area contributed by atoms with Gasteiger partial charge in [-0.3, -0.25) is 4.99 Å². The largest absolute Gasteiger partial charge is 0.357 e. The zero-order chi connectivity index (χ0) is 17.5. The molecule has 1 unspecified atom stereocenters. The number of aliphatic imine (C=N–C) groups is 1. The number of nitrogens with zero attached hydrogens (tertiary/aromatic N) is 1. The van der Waals surface area contributed by atoms with Crippen LogP contribution in [0.25, 0.3) is 0 Å². The Hall–Kier alpha value is -0.350. The van der Waals surface area contributed by atoms with Crippen molar-refractivity contribution in [3.05, 3.63) is 22.4 Å². The summed E-state index contributed by atoms with van der Waals surface area (Å²) in [6.07, 6.45) is 2.28. The first-order chi connectivity index (χ1) is 10.7. The van der Waals surface area contributed by atoms with Gasteiger partial charge in [0.25, 0.3) is 0 Å². The molecular formula is C16H30IN3O2S2. The van der Waals surface area contributed by atoms with Crippen molar-refractivity contribution in [2.45, 2.75) is 38.9 Å². The van der Waals surface area contributed by atoms with Crippen molar-refractivity contribution in [1.29, 1.82) is 0 Å². The lowest BCUT2D eigenvalue weighted by Crippen LogP contribution is -2.42. The topological polar surface area (TPSA) is 70.6 Å². The average Bonchev–Trinajstić information content (AvgIpc) is 2.93. The standard InChI is InChI=1S/C16H29N3O2S2.HI/c1-6-17-15(19-12-16(3,4)23(5,20)21)18-11-13(2)10-14-8-7-9-22-14;/h7-9,13H,6,10-12H2,1-5H3,(H2,17,18,19);1H. The molecule has 1 aromatic heterocycles. The third-order valence-electron chi connectivity index (χ3n) is 3.71. The van der Waals surface area contributed by atoms with Crippen LogP contribution >= 0.6 is 35.3 Å². The molecule has 2 N–H and O–H groups in total. The average molecular weight is 487 g/mol. The minimum absolute atomic E-state index is 0. The van der Waals surface area contributed by atoms with Gasteiger partial charge in [-0.05, 0) is 44.6 Å². The number of sulfone groups is 1. The Bertz CT molecular complexity index is 599. The number of hydrogen-bond acceptors (Lipinski definition) is 4. The van der Waals surface area contributed by atoms with E-state index in [9.17, 15) is 8.42 Å². The summed E-state index contributed by atoms with van der Waals surface area (Å²) in [4.78, 5) is 5.81. The van der Waals surface area contributed by atoms with Gasteiger partial charge in [-0.25, -0.2) is 8.42 Å². The van der Waals surface area contributed by atoms with Crippen LogP contribution < -0.4 is 10.6 Å². The van der Waals surface area contributed by atoms with Crippen molar-refractivity contribution in [3.8, 4) is 0 Å². The maximum absolute atomic E-state index is 11.8. The second-order valence-electron chi connectivity index (χ2n) is 6.50. The van der Waals surface area contributed by atoms with Crippen LogP contribution in [0.1, 0.15) is 32.6 Å². The summed E-state index contributed by atoms with van der Waals surface area (Å²) in [5.74, 6) is 1.14. The van der Waals surface area contributed by atoms with Crippen molar-refractivity contribution in [3.63, 3.8) is 0 Å². The molecule has 24 heavy (non-hydrogen) atoms. The monoisotopic (exact) mass is 487 g/mol. The third-order valence-corrected chi connectivity index (χ3v) is 6.75. The predicted molar refractivity (Wildman–Crippen MR) is 116 cm³/mol. The van der Waals surface area contributed by atoms with Crippen LogP contribution in [0.2, 0.25) is 0 Å². The van der Waals surface area contributed by atoms with Crippen LogP contribution in [0.15, 0.2) is 22.5 Å². The normalized spacial score (nSPS) is 14.0. The van der Waals surface area contributed by atoms with Crippen LogP contribution in [0.3, 0.4) is 0 Å². The van der Waals surface area contributed by atoms with Crippen LogP contribution in [0.5, 0.6) is 0 Å². The molecule has 1 aromatic rings. The third kappa shape index (κ3) is 8.15. The molecule has 0 aromatic carbocycles. The van der Waals surface area contributed by atoms with Crippen LogP contribution in [0, 0.1) is 5.92 Å². The van der Waals surface area contributed by atoms with Gasteiger partial charge in [0.15, 0.2) is 15.8 Å². The number of thiophene rings is 1. The first kappa shape index (κ1) is 23.6. The SMILES string of the molecule is CCNC(=NCC(C)(C)S(C)(=O)=O)NCC(C)Cc1cccs1.I. The molecule has 0 bridgehead atoms. The molecule has 0 aliphatic carbocycles. The number of rotatable bonds is 8. The molecule has 0 saturated heterocycles. The molecule has 0 spiro atoms. The van der Waals surface area contributed by atoms with Crippen LogP contribution in [-0.2, 0) is 16.3 Å². The summed E-state index contributed by atoms with van der Waals surface area (Å²) in [5, 5.41) is 8.56. The number of nitrogens with one attached hydrogen (secondary N) is 2. The van der Waals surface area contributed by atoms with E-state index in [-0.39, 0.29) is 30.5 Å². The Morgan fingerprint density at radius 3 is 2.54 bits per heavy atom. The second-order valence-corrected chi connectivity index (χ2v) is 10.2. The molecule has 0 saturated carbocycles. The van der Waals surface area contributed by atoms with Gasteiger partial charge in [-0.1, -0.05) is 13.0 Å². The van der Waals surface area contributed by atoms with Crippen molar-refractivity contribution >= 4 is 51.1 Å². The van der Waals surface area contributed by atoms with Gasteiger partial charge in [0.05, 0.1) is 11.3 Å². The van der Waals surface area contributed by atoms with Gasteiger partial charge in [-0.15, -0.1) is 35.3 Å². The quantitative estimate of drug-likeness (QED) is 0.336. The molecule has 1 rings (SSSR count). The lowest BCUT2D eigenvalue weighted by Gasteiger charge is -2.21. The molecule has 0 aliphatic rings. The van der Waals surface area contributed by atoms with E-state index in [1.54, 1.807) is 25.2 Å². The summed E-state index contributed by atoms with van der Waals surface area (Å²) in [5.41, 5.74) is 0. The molecule has 1 heterocycles. The van der Waals surface area contributed by atoms with E-state index >= 15 is 0 Å². The summed E-state index contributed by atoms with van der Waals surface area (Å²) in [7, 11) is -3.14. The van der Waals surface area contributed by atoms with E-state index in [1.807, 2.05) is 6.92 Å². The first-order valence-electron chi connectivity index (χ1n) is 7.90. The summed E-state index contributed by atoms with van der Waals surface area (Å²) < 4.78 is 22.7. The zero-order valence-corrected chi connectivity index (χ0v) is 19.1. The van der Waals surface area contributed by atoms with E-state index in [0.29, 0.717) is 11.9 Å². The smallest absolute Gasteiger partial charge is 0.191 e. The van der Waals surface area contributed by atoms with E-state index < -0.39 is 14.6 Å². The van der Waals surface area contributed by atoms with Gasteiger partial charge >= 0.3 is 0 Å². The van der Waals surface area contributed by atoms with Gasteiger partial charge < -0.3 is 10.6 Å². The maximum atomic E-state index is 11.8. The van der Waals surface area contributed by atoms with E-state index in [4.69, 9.17) is 0 Å². The summed E-state index contributed by atoms with van der Waals surface area (Å²) in [6, 6.07) is 4.22. The van der Waals surface area contributed by atoms with Crippen molar-refractivity contribution in [2.24, 2.45) is 10.9 Å². The number of halogens is 1. The number of guanidine groups is 1. The van der Waals surface area contributed by atoms with Crippen LogP contribution in [0.4, 0.5) is 0 Å². The van der Waals surface area contributed by atoms with Gasteiger partial charge in [0.1, 0.15) is 0 Å². The van der Waals surface area contributed by atoms with Gasteiger partial charge in [-0.2, -0.15) is 0 Å². The van der Waals surface area contributed by atoms with Crippen LogP contribution in [-0.4, -0.2) is 45.0 Å². The van der Waals surface area contributed by atoms with Crippen molar-refractivity contribution in [1.82, 2.24) is 10.6 Å². The summed E-state index contributed by atoms with van der Waals surface area (Å²) >= 11 is 1.77. The highest BCUT2D eigenvalue weighted by Gasteiger charge is 2.29. The fourth-order valence-electron chi connectivity index (χ4n) is 1.84. The molecule has 140 valence electrons. The maximum Gasteiger partial charge on any atom is 0.191 e. The molecule has 8 heteroatoms. The molecule has 0 radical (unpaired) electrons. The fourth-order valence-corrected chi connectivity index (χ4v) is 3.01. The molecule has 0 fully saturated rings. The highest BCUT2D eigenvalue weighted by atomic mass is 127. The Morgan fingerprint density at radius 1 is 1.38 bits per heavy atom. The second kappa shape index (κ2) is 10.6. The molecule has 5 nitrogen and oxygen atoms in total. The van der Waals surface area contributed by atoms with Crippen molar-refractivity contribution < 1.29 is 8.42 Å². The first-order valence-corrected chi connectivity index (χ1v) is 10.7. The minimum Gasteiger partial charge on any atom is -0.357 e. The van der Waals surface area contributed by atoms with Gasteiger partial charge in [0.2, 0.25) is 0 Å². The minimum atomic E-state index is -3.14. The molecular weight excluding hydrogens is 457 g/mol. The number of hydrogen-bond donors (Lipinski definition) is 2. The highest BCUT2D eigenvalue weighted by Crippen LogP contribution is 2.15. The zero-order valence-electron chi connectivity index (χ0n) is 15.1. The van der Waals surface area contributed by atoms with E-state index in [1.165, 1.54) is 11.1 Å². The molecule has 0 aliphatic heterocycles. The Kier molecular flexibility index (Phi) is 10.4. The molecule has 1 atom stereocenters. The van der Waals surface area contributed by atoms with Gasteiger partial charge in [0, 0.05) is 24.2 Å². The predicted octanol–water partition coefficient (Wildman–Crippen LogP) is 2.92. The Labute approximate surface area is 167 Å². The fraction of sp³-hybridized carbons (Fsp3) is 0.688. The van der Waals surface area contributed by atoms with Crippen molar-refractivity contribution in [2.75, 3.05) is 25.9 Å². The lowest BCUT2D eigenvalue weighted by atomic mass is 10.1. The lowest BCUT2D eigenvalue weighted by molar-refractivity contribution is 0.549. The Morgan fingerprint density at radius 2 is 2.04 bits per heavy atom. The van der Waals surface area contributed by atoms with E-state index in [2.05, 4.69) is 40.1 Å². The molecule has 0 amide bonds. The Balaban J connectivity index is 0.00000529.